The molecule has 1 saturated heterocycles. The van der Waals surface area contributed by atoms with Crippen LogP contribution in [0.3, 0.4) is 0 Å². The van der Waals surface area contributed by atoms with E-state index in [1.54, 1.807) is 6.20 Å². The summed E-state index contributed by atoms with van der Waals surface area (Å²) in [5.41, 5.74) is 0.815. The molecular formula is C13H16IN3O. The third-order valence-corrected chi connectivity index (χ3v) is 4.71. The van der Waals surface area contributed by atoms with Gasteiger partial charge in [0.1, 0.15) is 5.52 Å². The van der Waals surface area contributed by atoms with Gasteiger partial charge in [-0.2, -0.15) is 0 Å². The van der Waals surface area contributed by atoms with Crippen LogP contribution < -0.4 is 10.9 Å². The summed E-state index contributed by atoms with van der Waals surface area (Å²) in [5.74, 6) is 0.595. The first kappa shape index (κ1) is 12.2. The van der Waals surface area contributed by atoms with Crippen molar-refractivity contribution in [2.24, 2.45) is 5.92 Å². The van der Waals surface area contributed by atoms with E-state index in [1.165, 1.54) is 0 Å². The van der Waals surface area contributed by atoms with Crippen LogP contribution in [0.5, 0.6) is 0 Å². The Bertz CT molecular complexity index is 631. The molecule has 0 saturated carbocycles. The van der Waals surface area contributed by atoms with Gasteiger partial charge in [0.25, 0.3) is 5.56 Å². The Morgan fingerprint density at radius 3 is 3.11 bits per heavy atom. The van der Waals surface area contributed by atoms with Crippen molar-refractivity contribution in [3.05, 3.63) is 32.4 Å². The van der Waals surface area contributed by atoms with E-state index >= 15 is 0 Å². The second-order valence-electron chi connectivity index (χ2n) is 4.99. The molecule has 0 radical (unpaired) electrons. The Labute approximate surface area is 119 Å². The third-order valence-electron chi connectivity index (χ3n) is 3.85. The number of hydrogen-bond acceptors (Lipinski definition) is 2. The van der Waals surface area contributed by atoms with Crippen molar-refractivity contribution < 1.29 is 0 Å². The maximum Gasteiger partial charge on any atom is 0.272 e. The molecule has 4 nitrogen and oxygen atoms in total. The van der Waals surface area contributed by atoms with Gasteiger partial charge in [0, 0.05) is 33.9 Å². The van der Waals surface area contributed by atoms with Crippen LogP contribution in [0, 0.1) is 9.49 Å². The van der Waals surface area contributed by atoms with Crippen molar-refractivity contribution in [2.75, 3.05) is 13.1 Å². The molecule has 0 aliphatic carbocycles. The zero-order valence-corrected chi connectivity index (χ0v) is 12.4. The minimum absolute atomic E-state index is 0.00758. The van der Waals surface area contributed by atoms with Crippen LogP contribution in [-0.4, -0.2) is 22.6 Å². The zero-order chi connectivity index (χ0) is 12.7. The molecular weight excluding hydrogens is 341 g/mol. The highest BCUT2D eigenvalue weighted by Crippen LogP contribution is 2.29. The molecule has 5 heteroatoms. The van der Waals surface area contributed by atoms with Crippen LogP contribution >= 0.6 is 22.6 Å². The number of H-pyrrole nitrogens is 1. The molecule has 2 aromatic heterocycles. The van der Waals surface area contributed by atoms with Gasteiger partial charge in [-0.05, 0) is 47.5 Å². The molecule has 2 atom stereocenters. The summed E-state index contributed by atoms with van der Waals surface area (Å²) < 4.78 is 3.30. The SMILES string of the molecule is CC1CCNCC1n1cc(I)c2cc[nH]c(=O)c21. The van der Waals surface area contributed by atoms with Gasteiger partial charge in [0.05, 0.1) is 0 Å². The lowest BCUT2D eigenvalue weighted by atomic mass is 9.94. The van der Waals surface area contributed by atoms with Gasteiger partial charge >= 0.3 is 0 Å². The summed E-state index contributed by atoms with van der Waals surface area (Å²) in [5, 5.41) is 4.47. The molecule has 3 heterocycles. The minimum Gasteiger partial charge on any atom is -0.337 e. The van der Waals surface area contributed by atoms with Crippen molar-refractivity contribution in [1.82, 2.24) is 14.9 Å². The predicted molar refractivity (Wildman–Crippen MR) is 81.0 cm³/mol. The number of hydrogen-bond donors (Lipinski definition) is 2. The van der Waals surface area contributed by atoms with Gasteiger partial charge in [-0.25, -0.2) is 0 Å². The Morgan fingerprint density at radius 2 is 2.33 bits per heavy atom. The Morgan fingerprint density at radius 1 is 1.50 bits per heavy atom. The molecule has 3 rings (SSSR count). The standard InChI is InChI=1S/C13H16IN3O/c1-8-2-4-15-6-11(8)17-7-10(14)9-3-5-16-13(18)12(9)17/h3,5,7-8,11,15H,2,4,6H2,1H3,(H,16,18). The monoisotopic (exact) mass is 357 g/mol. The Hall–Kier alpha value is -0.820. The number of aromatic nitrogens is 2. The van der Waals surface area contributed by atoms with Crippen molar-refractivity contribution in [2.45, 2.75) is 19.4 Å². The van der Waals surface area contributed by atoms with E-state index in [9.17, 15) is 4.79 Å². The summed E-state index contributed by atoms with van der Waals surface area (Å²) in [7, 11) is 0. The number of aromatic amines is 1. The number of nitrogens with zero attached hydrogens (tertiary/aromatic N) is 1. The topological polar surface area (TPSA) is 49.8 Å². The quantitative estimate of drug-likeness (QED) is 0.768. The van der Waals surface area contributed by atoms with Crippen molar-refractivity contribution >= 4 is 33.5 Å². The molecule has 96 valence electrons. The fourth-order valence-electron chi connectivity index (χ4n) is 2.78. The summed E-state index contributed by atoms with van der Waals surface area (Å²) in [6.45, 7) is 4.28. The highest BCUT2D eigenvalue weighted by Gasteiger charge is 2.25. The van der Waals surface area contributed by atoms with E-state index in [0.29, 0.717) is 12.0 Å². The number of pyridine rings is 1. The molecule has 0 amide bonds. The van der Waals surface area contributed by atoms with Crippen LogP contribution in [0.4, 0.5) is 0 Å². The first-order valence-corrected chi connectivity index (χ1v) is 7.35. The smallest absolute Gasteiger partial charge is 0.272 e. The van der Waals surface area contributed by atoms with Crippen LogP contribution in [0.2, 0.25) is 0 Å². The first-order valence-electron chi connectivity index (χ1n) is 6.27. The van der Waals surface area contributed by atoms with Crippen LogP contribution in [0.25, 0.3) is 10.9 Å². The van der Waals surface area contributed by atoms with Gasteiger partial charge in [-0.15, -0.1) is 0 Å². The van der Waals surface area contributed by atoms with Crippen LogP contribution in [0.1, 0.15) is 19.4 Å². The van der Waals surface area contributed by atoms with Crippen molar-refractivity contribution in [3.63, 3.8) is 0 Å². The lowest BCUT2D eigenvalue weighted by molar-refractivity contribution is 0.279. The predicted octanol–water partition coefficient (Wildman–Crippen LogP) is 2.10. The Balaban J connectivity index is 2.20. The summed E-state index contributed by atoms with van der Waals surface area (Å²) in [6, 6.07) is 2.35. The third kappa shape index (κ3) is 1.89. The number of piperidine rings is 1. The highest BCUT2D eigenvalue weighted by atomic mass is 127. The molecule has 1 aliphatic rings. The lowest BCUT2D eigenvalue weighted by Gasteiger charge is -2.31. The van der Waals surface area contributed by atoms with Gasteiger partial charge < -0.3 is 14.9 Å². The molecule has 0 bridgehead atoms. The summed E-state index contributed by atoms with van der Waals surface area (Å²) in [6.07, 6.45) is 4.99. The van der Waals surface area contributed by atoms with Crippen LogP contribution in [0.15, 0.2) is 23.3 Å². The van der Waals surface area contributed by atoms with Gasteiger partial charge in [-0.1, -0.05) is 6.92 Å². The maximum absolute atomic E-state index is 12.1. The summed E-state index contributed by atoms with van der Waals surface area (Å²) >= 11 is 2.30. The van der Waals surface area contributed by atoms with Gasteiger partial charge in [-0.3, -0.25) is 4.79 Å². The van der Waals surface area contributed by atoms with E-state index in [0.717, 1.165) is 34.0 Å². The van der Waals surface area contributed by atoms with E-state index < -0.39 is 0 Å². The van der Waals surface area contributed by atoms with E-state index in [1.807, 2.05) is 6.07 Å². The first-order chi connectivity index (χ1) is 8.68. The Kier molecular flexibility index (Phi) is 3.19. The van der Waals surface area contributed by atoms with E-state index in [2.05, 4.69) is 50.6 Å². The number of rotatable bonds is 1. The molecule has 18 heavy (non-hydrogen) atoms. The largest absolute Gasteiger partial charge is 0.337 e. The zero-order valence-electron chi connectivity index (χ0n) is 10.2. The molecule has 1 aliphatic heterocycles. The van der Waals surface area contributed by atoms with Crippen LogP contribution in [-0.2, 0) is 0 Å². The second-order valence-corrected chi connectivity index (χ2v) is 6.15. The van der Waals surface area contributed by atoms with Gasteiger partial charge in [0.2, 0.25) is 0 Å². The average molecular weight is 357 g/mol. The average Bonchev–Trinajstić information content (AvgIpc) is 2.69. The lowest BCUT2D eigenvalue weighted by Crippen LogP contribution is -2.37. The molecule has 1 fully saturated rings. The number of fused-ring (bicyclic) bond motifs is 1. The molecule has 2 unspecified atom stereocenters. The summed E-state index contributed by atoms with van der Waals surface area (Å²) in [4.78, 5) is 14.8. The highest BCUT2D eigenvalue weighted by molar-refractivity contribution is 14.1. The minimum atomic E-state index is 0.00758. The molecule has 0 spiro atoms. The van der Waals surface area contributed by atoms with Crippen molar-refractivity contribution in [1.29, 1.82) is 0 Å². The van der Waals surface area contributed by atoms with E-state index in [-0.39, 0.29) is 5.56 Å². The number of halogens is 1. The van der Waals surface area contributed by atoms with Gasteiger partial charge in [0.15, 0.2) is 0 Å². The molecule has 2 N–H and O–H groups in total. The normalized spacial score (nSPS) is 24.6. The van der Waals surface area contributed by atoms with E-state index in [4.69, 9.17) is 0 Å². The maximum atomic E-state index is 12.1. The fourth-order valence-corrected chi connectivity index (χ4v) is 3.52. The van der Waals surface area contributed by atoms with Crippen molar-refractivity contribution in [3.8, 4) is 0 Å². The fraction of sp³-hybridized carbons (Fsp3) is 0.462. The molecule has 0 aromatic carbocycles. The number of nitrogens with one attached hydrogen (secondary N) is 2. The molecule has 2 aromatic rings. The second kappa shape index (κ2) is 4.70.